The summed E-state index contributed by atoms with van der Waals surface area (Å²) in [5.74, 6) is -0.600. The van der Waals surface area contributed by atoms with Gasteiger partial charge in [-0.2, -0.15) is 0 Å². The SMILES string of the molecule is CCCCNC(=O)[C@H](Cc1ccccc1)N(Cc1ccc(F)cc1)C(=O)CCc1cccc2ccccc12. The van der Waals surface area contributed by atoms with E-state index in [2.05, 4.69) is 36.5 Å². The lowest BCUT2D eigenvalue weighted by atomic mass is 9.99. The van der Waals surface area contributed by atoms with Crippen molar-refractivity contribution in [1.82, 2.24) is 10.2 Å². The van der Waals surface area contributed by atoms with Crippen LogP contribution in [0.1, 0.15) is 42.9 Å². The molecule has 4 rings (SSSR count). The molecule has 1 N–H and O–H groups in total. The van der Waals surface area contributed by atoms with Gasteiger partial charge in [-0.15, -0.1) is 0 Å². The first kappa shape index (κ1) is 27.1. The quantitative estimate of drug-likeness (QED) is 0.222. The highest BCUT2D eigenvalue weighted by molar-refractivity contribution is 5.89. The van der Waals surface area contributed by atoms with Gasteiger partial charge in [0.25, 0.3) is 0 Å². The van der Waals surface area contributed by atoms with Crippen LogP contribution >= 0.6 is 0 Å². The first-order valence-corrected chi connectivity index (χ1v) is 13.4. The summed E-state index contributed by atoms with van der Waals surface area (Å²) >= 11 is 0. The minimum Gasteiger partial charge on any atom is -0.354 e. The fraction of sp³-hybridized carbons (Fsp3) is 0.273. The number of nitrogens with zero attached hydrogens (tertiary/aromatic N) is 1. The molecule has 196 valence electrons. The number of halogens is 1. The van der Waals surface area contributed by atoms with E-state index in [0.717, 1.165) is 40.3 Å². The van der Waals surface area contributed by atoms with Gasteiger partial charge in [-0.1, -0.05) is 98.3 Å². The summed E-state index contributed by atoms with van der Waals surface area (Å²) in [5, 5.41) is 5.31. The third-order valence-corrected chi connectivity index (χ3v) is 6.85. The van der Waals surface area contributed by atoms with E-state index in [1.807, 2.05) is 48.5 Å². The normalized spacial score (nSPS) is 11.7. The second kappa shape index (κ2) is 13.5. The Hall–Kier alpha value is -3.99. The van der Waals surface area contributed by atoms with Gasteiger partial charge in [-0.3, -0.25) is 9.59 Å². The van der Waals surface area contributed by atoms with E-state index < -0.39 is 6.04 Å². The minimum atomic E-state index is -0.681. The lowest BCUT2D eigenvalue weighted by Crippen LogP contribution is -2.50. The predicted molar refractivity (Wildman–Crippen MR) is 151 cm³/mol. The summed E-state index contributed by atoms with van der Waals surface area (Å²) in [5.41, 5.74) is 2.86. The fourth-order valence-corrected chi connectivity index (χ4v) is 4.74. The molecule has 0 spiro atoms. The molecule has 0 aromatic heterocycles. The van der Waals surface area contributed by atoms with E-state index in [9.17, 15) is 14.0 Å². The summed E-state index contributed by atoms with van der Waals surface area (Å²) in [6.45, 7) is 2.87. The standard InChI is InChI=1S/C33H35FN2O2/c1-2-3-22-35-33(38)31(23-25-10-5-4-6-11-25)36(24-26-16-19-29(34)20-17-26)32(37)21-18-28-14-9-13-27-12-7-8-15-30(27)28/h4-17,19-20,31H,2-3,18,21-24H2,1H3,(H,35,38)/t31-/m0/s1. The molecule has 0 fully saturated rings. The molecular formula is C33H35FN2O2. The Balaban J connectivity index is 1.62. The topological polar surface area (TPSA) is 49.4 Å². The van der Waals surface area contributed by atoms with Gasteiger partial charge in [0.2, 0.25) is 11.8 Å². The number of rotatable bonds is 12. The van der Waals surface area contributed by atoms with E-state index in [-0.39, 0.29) is 30.6 Å². The zero-order valence-electron chi connectivity index (χ0n) is 21.9. The van der Waals surface area contributed by atoms with Crippen molar-refractivity contribution < 1.29 is 14.0 Å². The molecule has 5 heteroatoms. The number of carbonyl (C=O) groups is 2. The zero-order chi connectivity index (χ0) is 26.7. The molecule has 0 unspecified atom stereocenters. The predicted octanol–water partition coefficient (Wildman–Crippen LogP) is 6.47. The molecule has 4 nitrogen and oxygen atoms in total. The molecule has 0 saturated heterocycles. The van der Waals surface area contributed by atoms with Crippen molar-refractivity contribution >= 4 is 22.6 Å². The molecule has 4 aromatic carbocycles. The monoisotopic (exact) mass is 510 g/mol. The summed E-state index contributed by atoms with van der Waals surface area (Å²) in [6.07, 6.45) is 3.07. The number of fused-ring (bicyclic) bond motifs is 1. The average molecular weight is 511 g/mol. The number of nitrogens with one attached hydrogen (secondary N) is 1. The third-order valence-electron chi connectivity index (χ3n) is 6.85. The van der Waals surface area contributed by atoms with Crippen molar-refractivity contribution in [3.05, 3.63) is 120 Å². The smallest absolute Gasteiger partial charge is 0.243 e. The van der Waals surface area contributed by atoms with Crippen molar-refractivity contribution in [3.63, 3.8) is 0 Å². The van der Waals surface area contributed by atoms with Crippen LogP contribution in [0.3, 0.4) is 0 Å². The van der Waals surface area contributed by atoms with Gasteiger partial charge in [0, 0.05) is 25.9 Å². The molecule has 0 aliphatic carbocycles. The minimum absolute atomic E-state index is 0.103. The van der Waals surface area contributed by atoms with Crippen molar-refractivity contribution in [3.8, 4) is 0 Å². The van der Waals surface area contributed by atoms with Crippen LogP contribution in [0.2, 0.25) is 0 Å². The molecule has 0 heterocycles. The number of unbranched alkanes of at least 4 members (excludes halogenated alkanes) is 1. The largest absolute Gasteiger partial charge is 0.354 e. The maximum absolute atomic E-state index is 13.9. The fourth-order valence-electron chi connectivity index (χ4n) is 4.74. The second-order valence-corrected chi connectivity index (χ2v) is 9.64. The third kappa shape index (κ3) is 7.28. The van der Waals surface area contributed by atoms with E-state index in [1.165, 1.54) is 12.1 Å². The molecule has 38 heavy (non-hydrogen) atoms. The Morgan fingerprint density at radius 3 is 2.32 bits per heavy atom. The maximum atomic E-state index is 13.9. The van der Waals surface area contributed by atoms with Crippen molar-refractivity contribution in [1.29, 1.82) is 0 Å². The summed E-state index contributed by atoms with van der Waals surface area (Å²) in [4.78, 5) is 29.0. The number of benzene rings is 4. The van der Waals surface area contributed by atoms with Crippen LogP contribution in [0.5, 0.6) is 0 Å². The maximum Gasteiger partial charge on any atom is 0.243 e. The van der Waals surface area contributed by atoms with Crippen LogP contribution in [0.4, 0.5) is 4.39 Å². The summed E-state index contributed by atoms with van der Waals surface area (Å²) in [6, 6.07) is 29.5. The highest BCUT2D eigenvalue weighted by Crippen LogP contribution is 2.22. The van der Waals surface area contributed by atoms with Crippen molar-refractivity contribution in [2.45, 2.75) is 51.6 Å². The molecular weight excluding hydrogens is 475 g/mol. The van der Waals surface area contributed by atoms with E-state index >= 15 is 0 Å². The van der Waals surface area contributed by atoms with Crippen LogP contribution in [-0.2, 0) is 29.0 Å². The summed E-state index contributed by atoms with van der Waals surface area (Å²) < 4.78 is 13.6. The second-order valence-electron chi connectivity index (χ2n) is 9.64. The Morgan fingerprint density at radius 2 is 1.55 bits per heavy atom. The van der Waals surface area contributed by atoms with Crippen molar-refractivity contribution in [2.24, 2.45) is 0 Å². The van der Waals surface area contributed by atoms with Gasteiger partial charge in [0.1, 0.15) is 11.9 Å². The van der Waals surface area contributed by atoms with Crippen LogP contribution in [0.15, 0.2) is 97.1 Å². The number of amides is 2. The number of hydrogen-bond acceptors (Lipinski definition) is 2. The molecule has 4 aromatic rings. The van der Waals surface area contributed by atoms with Gasteiger partial charge in [0.05, 0.1) is 0 Å². The van der Waals surface area contributed by atoms with E-state index in [0.29, 0.717) is 19.4 Å². The summed E-state index contributed by atoms with van der Waals surface area (Å²) in [7, 11) is 0. The lowest BCUT2D eigenvalue weighted by Gasteiger charge is -2.32. The Bertz CT molecular complexity index is 1330. The molecule has 0 radical (unpaired) electrons. The van der Waals surface area contributed by atoms with Gasteiger partial charge in [-0.05, 0) is 52.4 Å². The van der Waals surface area contributed by atoms with Gasteiger partial charge >= 0.3 is 0 Å². The van der Waals surface area contributed by atoms with E-state index in [1.54, 1.807) is 17.0 Å². The Labute approximate surface area is 224 Å². The van der Waals surface area contributed by atoms with E-state index in [4.69, 9.17) is 0 Å². The highest BCUT2D eigenvalue weighted by atomic mass is 19.1. The van der Waals surface area contributed by atoms with Gasteiger partial charge < -0.3 is 10.2 Å². The Morgan fingerprint density at radius 1 is 0.842 bits per heavy atom. The lowest BCUT2D eigenvalue weighted by molar-refractivity contribution is -0.141. The molecule has 2 amide bonds. The van der Waals surface area contributed by atoms with Crippen molar-refractivity contribution in [2.75, 3.05) is 6.54 Å². The number of hydrogen-bond donors (Lipinski definition) is 1. The number of carbonyl (C=O) groups excluding carboxylic acids is 2. The van der Waals surface area contributed by atoms with Crippen LogP contribution in [0.25, 0.3) is 10.8 Å². The zero-order valence-corrected chi connectivity index (χ0v) is 21.9. The highest BCUT2D eigenvalue weighted by Gasteiger charge is 2.30. The molecule has 0 bridgehead atoms. The first-order valence-electron chi connectivity index (χ1n) is 13.4. The number of aryl methyl sites for hydroxylation is 1. The molecule has 0 aliphatic rings. The van der Waals surface area contributed by atoms with Crippen LogP contribution in [0, 0.1) is 5.82 Å². The molecule has 1 atom stereocenters. The van der Waals surface area contributed by atoms with Crippen LogP contribution < -0.4 is 5.32 Å². The Kier molecular flexibility index (Phi) is 9.63. The van der Waals surface area contributed by atoms with Crippen LogP contribution in [-0.4, -0.2) is 29.3 Å². The average Bonchev–Trinajstić information content (AvgIpc) is 2.95. The molecule has 0 aliphatic heterocycles. The van der Waals surface area contributed by atoms with Gasteiger partial charge in [0.15, 0.2) is 0 Å². The van der Waals surface area contributed by atoms with Gasteiger partial charge in [-0.25, -0.2) is 4.39 Å². The molecule has 0 saturated carbocycles. The first-order chi connectivity index (χ1) is 18.5.